The number of hydrazine groups is 1. The number of aromatic hydroxyl groups is 1. The summed E-state index contributed by atoms with van der Waals surface area (Å²) < 4.78 is 65.4. The van der Waals surface area contributed by atoms with E-state index in [2.05, 4.69) is 10.5 Å². The molecule has 18 heteroatoms. The van der Waals surface area contributed by atoms with E-state index in [4.69, 9.17) is 0 Å². The highest BCUT2D eigenvalue weighted by Crippen LogP contribution is 2.28. The Balaban J connectivity index is 1.45. The number of aromatic amines is 1. The van der Waals surface area contributed by atoms with Gasteiger partial charge in [0.15, 0.2) is 0 Å². The number of nitrogens with one attached hydrogen (secondary N) is 2. The minimum Gasteiger partial charge on any atom is -0.493 e. The summed E-state index contributed by atoms with van der Waals surface area (Å²) in [4.78, 5) is 36.8. The summed E-state index contributed by atoms with van der Waals surface area (Å²) in [5, 5.41) is 13.9. The van der Waals surface area contributed by atoms with Gasteiger partial charge in [-0.25, -0.2) is 9.69 Å². The van der Waals surface area contributed by atoms with Gasteiger partial charge in [0.25, 0.3) is 37.6 Å². The van der Waals surface area contributed by atoms with Crippen LogP contribution >= 0.6 is 45.2 Å². The zero-order valence-electron chi connectivity index (χ0n) is 21.2. The quantitative estimate of drug-likeness (QED) is 0.0735. The number of benzene rings is 2. The van der Waals surface area contributed by atoms with Gasteiger partial charge < -0.3 is 5.11 Å². The van der Waals surface area contributed by atoms with Crippen LogP contribution in [0.25, 0.3) is 11.8 Å². The SMILES string of the molecule is O=C1NN(c2ccc(S(=O)(=O)O)cc2[124I])C(=O)\C1=C/C=C/C=C/C=C/c1c(O)n(-c2ccc(S(=O)(=O)O)cc2[124I])[nH]c1=O. The van der Waals surface area contributed by atoms with Crippen molar-refractivity contribution in [1.82, 2.24) is 15.2 Å². The van der Waals surface area contributed by atoms with Gasteiger partial charge >= 0.3 is 0 Å². The lowest BCUT2D eigenvalue weighted by Crippen LogP contribution is -2.36. The molecule has 0 spiro atoms. The maximum Gasteiger partial charge on any atom is 0.294 e. The molecule has 1 saturated heterocycles. The van der Waals surface area contributed by atoms with E-state index < -0.39 is 43.5 Å². The fraction of sp³-hybridized carbons (Fsp3) is 0. The Morgan fingerprint density at radius 3 is 1.86 bits per heavy atom. The van der Waals surface area contributed by atoms with Crippen LogP contribution in [0.5, 0.6) is 5.88 Å². The number of nitrogens with zero attached hydrogens (tertiary/aromatic N) is 2. The highest BCUT2D eigenvalue weighted by Gasteiger charge is 2.35. The third kappa shape index (κ3) is 7.15. The van der Waals surface area contributed by atoms with E-state index in [0.717, 1.165) is 27.9 Å². The van der Waals surface area contributed by atoms with Gasteiger partial charge in [0.1, 0.15) is 11.1 Å². The average Bonchev–Trinajstić information content (AvgIpc) is 3.35. The topological polar surface area (TPSA) is 216 Å². The van der Waals surface area contributed by atoms with E-state index in [9.17, 15) is 45.4 Å². The maximum atomic E-state index is 12.8. The van der Waals surface area contributed by atoms with Gasteiger partial charge in [-0.05, 0) is 93.7 Å². The number of hydrogen-bond donors (Lipinski definition) is 5. The van der Waals surface area contributed by atoms with Gasteiger partial charge in [0.05, 0.1) is 21.2 Å². The number of hydrogen-bond acceptors (Lipinski definition) is 8. The van der Waals surface area contributed by atoms with E-state index in [1.54, 1.807) is 45.2 Å². The predicted octanol–water partition coefficient (Wildman–Crippen LogP) is 2.70. The lowest BCUT2D eigenvalue weighted by atomic mass is 10.2. The van der Waals surface area contributed by atoms with E-state index in [-0.39, 0.29) is 35.9 Å². The maximum absolute atomic E-state index is 12.8. The highest BCUT2D eigenvalue weighted by molar-refractivity contribution is 14.1. The van der Waals surface area contributed by atoms with Crippen molar-refractivity contribution < 1.29 is 40.6 Å². The molecule has 2 heterocycles. The number of aromatic nitrogens is 2. The van der Waals surface area contributed by atoms with Crippen molar-refractivity contribution in [2.45, 2.75) is 9.79 Å². The Labute approximate surface area is 270 Å². The molecule has 4 rings (SSSR count). The number of halogens is 2. The average molecular weight is 846 g/mol. The Bertz CT molecular complexity index is 2060. The van der Waals surface area contributed by atoms with Gasteiger partial charge in [0, 0.05) is 7.14 Å². The van der Waals surface area contributed by atoms with Crippen molar-refractivity contribution >= 4 is 89.0 Å². The van der Waals surface area contributed by atoms with Crippen LogP contribution in [0.1, 0.15) is 5.56 Å². The number of carbonyl (C=O) groups excluding carboxylic acids is 2. The summed E-state index contributed by atoms with van der Waals surface area (Å²) in [6.45, 7) is 0. The molecule has 0 unspecified atom stereocenters. The molecule has 0 saturated carbocycles. The third-order valence-electron chi connectivity index (χ3n) is 5.69. The van der Waals surface area contributed by atoms with Crippen LogP contribution in [0.15, 0.2) is 93.0 Å². The number of carbonyl (C=O) groups is 2. The summed E-state index contributed by atoms with van der Waals surface area (Å²) in [5.41, 5.74) is 1.96. The van der Waals surface area contributed by atoms with Gasteiger partial charge in [-0.2, -0.15) is 16.8 Å². The number of rotatable bonds is 8. The number of anilines is 1. The minimum atomic E-state index is -4.44. The molecule has 1 aliphatic heterocycles. The van der Waals surface area contributed by atoms with Gasteiger partial charge in [-0.1, -0.05) is 30.4 Å². The molecule has 2 amide bonds. The second-order valence-electron chi connectivity index (χ2n) is 8.48. The van der Waals surface area contributed by atoms with Crippen LogP contribution in [0, 0.1) is 7.14 Å². The summed E-state index contributed by atoms with van der Waals surface area (Å²) in [6, 6.07) is 7.12. The smallest absolute Gasteiger partial charge is 0.294 e. The molecule has 0 atom stereocenters. The van der Waals surface area contributed by atoms with Crippen molar-refractivity contribution in [1.29, 1.82) is 0 Å². The summed E-state index contributed by atoms with van der Waals surface area (Å²) in [5.74, 6) is -1.81. The first-order valence-corrected chi connectivity index (χ1v) is 16.6. The van der Waals surface area contributed by atoms with Crippen molar-refractivity contribution in [2.75, 3.05) is 5.01 Å². The predicted molar refractivity (Wildman–Crippen MR) is 171 cm³/mol. The summed E-state index contributed by atoms with van der Waals surface area (Å²) >= 11 is 3.56. The van der Waals surface area contributed by atoms with Crippen molar-refractivity contribution in [3.05, 3.63) is 101 Å². The van der Waals surface area contributed by atoms with Crippen LogP contribution in [0.4, 0.5) is 5.69 Å². The monoisotopic (exact) mass is 846 g/mol. The zero-order chi connectivity index (χ0) is 31.7. The van der Waals surface area contributed by atoms with Gasteiger partial charge in [0.2, 0.25) is 5.88 Å². The lowest BCUT2D eigenvalue weighted by Gasteiger charge is -2.16. The Kier molecular flexibility index (Phi) is 9.46. The molecule has 0 aliphatic carbocycles. The molecular formula is C25H18I2N4O10S2. The number of allylic oxidation sites excluding steroid dienone is 6. The molecule has 1 fully saturated rings. The summed E-state index contributed by atoms with van der Waals surface area (Å²) in [7, 11) is -8.87. The second-order valence-corrected chi connectivity index (χ2v) is 13.6. The van der Waals surface area contributed by atoms with Gasteiger partial charge in [-0.15, -0.1) is 0 Å². The van der Waals surface area contributed by atoms with E-state index >= 15 is 0 Å². The third-order valence-corrected chi connectivity index (χ3v) is 9.12. The first-order valence-electron chi connectivity index (χ1n) is 11.5. The molecule has 3 aromatic rings. The lowest BCUT2D eigenvalue weighted by molar-refractivity contribution is -0.117. The van der Waals surface area contributed by atoms with Crippen LogP contribution < -0.4 is 16.0 Å². The molecule has 0 radical (unpaired) electrons. The first kappa shape index (κ1) is 32.3. The standard InChI is InChI=1S/C25H18I2N4O10S2/c26-18-12-14(42(36,37)38)8-10-20(18)30-24(34)16(22(32)28-30)6-4-2-1-3-5-7-17-23(33)29-31(25(17)35)21-11-9-15(13-19(21)27)43(39,40)41/h1-13,34H,(H,28,32)(H,29,33)(H,36,37,38)(H,39,40,41)/b2-1+,5-3+,6-4+,17-7-/i26-3,27-3. The van der Waals surface area contributed by atoms with E-state index in [0.29, 0.717) is 3.57 Å². The van der Waals surface area contributed by atoms with Crippen LogP contribution in [-0.2, 0) is 29.8 Å². The van der Waals surface area contributed by atoms with Crippen molar-refractivity contribution in [3.8, 4) is 11.6 Å². The Morgan fingerprint density at radius 2 is 1.30 bits per heavy atom. The fourth-order valence-corrected chi connectivity index (χ4v) is 6.61. The number of H-pyrrole nitrogens is 1. The van der Waals surface area contributed by atoms with E-state index in [1.807, 2.05) is 0 Å². The van der Waals surface area contributed by atoms with Crippen LogP contribution in [0.2, 0.25) is 0 Å². The molecule has 14 nitrogen and oxygen atoms in total. The summed E-state index contributed by atoms with van der Waals surface area (Å²) in [6.07, 6.45) is 10.0. The van der Waals surface area contributed by atoms with Crippen molar-refractivity contribution in [2.24, 2.45) is 0 Å². The second kappa shape index (κ2) is 12.6. The largest absolute Gasteiger partial charge is 0.493 e. The number of amides is 2. The normalized spacial score (nSPS) is 15.5. The molecule has 2 aromatic carbocycles. The Hall–Kier alpha value is -3.57. The fourth-order valence-electron chi connectivity index (χ4n) is 3.66. The molecule has 43 heavy (non-hydrogen) atoms. The Morgan fingerprint density at radius 1 is 0.767 bits per heavy atom. The molecule has 1 aromatic heterocycles. The van der Waals surface area contributed by atoms with Crippen LogP contribution in [0.3, 0.4) is 0 Å². The molecular weight excluding hydrogens is 828 g/mol. The van der Waals surface area contributed by atoms with Gasteiger partial charge in [-0.3, -0.25) is 34.0 Å². The van der Waals surface area contributed by atoms with E-state index in [1.165, 1.54) is 60.7 Å². The molecule has 224 valence electrons. The minimum absolute atomic E-state index is 0.0852. The molecule has 5 N–H and O–H groups in total. The van der Waals surface area contributed by atoms with Crippen molar-refractivity contribution in [3.63, 3.8) is 0 Å². The molecule has 0 bridgehead atoms. The van der Waals surface area contributed by atoms with Crippen LogP contribution in [-0.4, -0.2) is 52.6 Å². The zero-order valence-corrected chi connectivity index (χ0v) is 27.1. The highest BCUT2D eigenvalue weighted by atomic mass is 124. The first-order chi connectivity index (χ1) is 20.1. The molecule has 1 aliphatic rings.